The van der Waals surface area contributed by atoms with E-state index in [1.807, 2.05) is 25.1 Å². The molecule has 1 saturated carbocycles. The number of hydrogen-bond donors (Lipinski definition) is 1. The number of nitrogens with one attached hydrogen (secondary N) is 1. The maximum Gasteiger partial charge on any atom is 0.240 e. The van der Waals surface area contributed by atoms with E-state index in [9.17, 15) is 14.4 Å². The zero-order valence-corrected chi connectivity index (χ0v) is 14.7. The van der Waals surface area contributed by atoms with Crippen molar-refractivity contribution in [3.63, 3.8) is 0 Å². The van der Waals surface area contributed by atoms with Gasteiger partial charge >= 0.3 is 0 Å². The molecule has 3 rings (SSSR count). The topological polar surface area (TPSA) is 66.5 Å². The summed E-state index contributed by atoms with van der Waals surface area (Å²) in [4.78, 5) is 38.3. The Hall–Kier alpha value is -2.17. The predicted octanol–water partition coefficient (Wildman–Crippen LogP) is 2.30. The Morgan fingerprint density at radius 3 is 2.32 bits per heavy atom. The molecule has 5 heteroatoms. The highest BCUT2D eigenvalue weighted by Gasteiger charge is 2.48. The van der Waals surface area contributed by atoms with Gasteiger partial charge in [0, 0.05) is 6.04 Å². The Morgan fingerprint density at radius 1 is 1.12 bits per heavy atom. The van der Waals surface area contributed by atoms with Gasteiger partial charge in [-0.2, -0.15) is 0 Å². The van der Waals surface area contributed by atoms with Crippen LogP contribution in [0.1, 0.15) is 44.6 Å². The summed E-state index contributed by atoms with van der Waals surface area (Å²) in [5.74, 6) is -0.932. The number of amides is 3. The average Bonchev–Trinajstić information content (AvgIpc) is 2.86. The van der Waals surface area contributed by atoms with Crippen LogP contribution in [0.15, 0.2) is 30.3 Å². The summed E-state index contributed by atoms with van der Waals surface area (Å²) in [5.41, 5.74) is 1.23. The summed E-state index contributed by atoms with van der Waals surface area (Å²) < 4.78 is 0. The number of rotatable bonds is 6. The van der Waals surface area contributed by atoms with Gasteiger partial charge in [-0.15, -0.1) is 0 Å². The summed E-state index contributed by atoms with van der Waals surface area (Å²) in [6, 6.07) is 10.1. The Balaban J connectivity index is 1.48. The lowest BCUT2D eigenvalue weighted by Crippen LogP contribution is -2.43. The first-order chi connectivity index (χ1) is 12.1. The summed E-state index contributed by atoms with van der Waals surface area (Å²) in [6.07, 6.45) is 5.26. The van der Waals surface area contributed by atoms with Crippen LogP contribution in [0, 0.1) is 11.8 Å². The molecule has 1 saturated heterocycles. The summed E-state index contributed by atoms with van der Waals surface area (Å²) in [6.45, 7) is 1.81. The highest BCUT2D eigenvalue weighted by Crippen LogP contribution is 2.37. The van der Waals surface area contributed by atoms with Crippen molar-refractivity contribution in [3.8, 4) is 0 Å². The van der Waals surface area contributed by atoms with Crippen LogP contribution in [0.25, 0.3) is 0 Å². The van der Waals surface area contributed by atoms with Crippen LogP contribution in [-0.2, 0) is 20.8 Å². The smallest absolute Gasteiger partial charge is 0.240 e. The Morgan fingerprint density at radius 2 is 1.72 bits per heavy atom. The molecule has 3 unspecified atom stereocenters. The minimum Gasteiger partial charge on any atom is -0.352 e. The number of likely N-dealkylation sites (tertiary alicyclic amines) is 1. The van der Waals surface area contributed by atoms with E-state index in [1.54, 1.807) is 0 Å². The van der Waals surface area contributed by atoms with Crippen LogP contribution in [0.5, 0.6) is 0 Å². The molecule has 0 bridgehead atoms. The molecular formula is C20H26N2O3. The van der Waals surface area contributed by atoms with E-state index in [1.165, 1.54) is 10.5 Å². The monoisotopic (exact) mass is 342 g/mol. The molecule has 1 heterocycles. The first kappa shape index (κ1) is 17.6. The Kier molecular flexibility index (Phi) is 5.51. The Labute approximate surface area is 148 Å². The molecule has 3 atom stereocenters. The third kappa shape index (κ3) is 4.09. The molecule has 2 aliphatic rings. The van der Waals surface area contributed by atoms with Crippen molar-refractivity contribution in [1.82, 2.24) is 10.2 Å². The van der Waals surface area contributed by atoms with E-state index in [0.717, 1.165) is 38.5 Å². The van der Waals surface area contributed by atoms with Gasteiger partial charge in [-0.3, -0.25) is 19.3 Å². The van der Waals surface area contributed by atoms with Gasteiger partial charge in [0.05, 0.1) is 11.8 Å². The molecule has 3 amide bonds. The van der Waals surface area contributed by atoms with Gasteiger partial charge in [0.15, 0.2) is 0 Å². The van der Waals surface area contributed by atoms with Crippen molar-refractivity contribution in [3.05, 3.63) is 35.9 Å². The number of aryl methyl sites for hydroxylation is 1. The van der Waals surface area contributed by atoms with Gasteiger partial charge in [-0.05, 0) is 38.2 Å². The van der Waals surface area contributed by atoms with Crippen LogP contribution in [0.2, 0.25) is 0 Å². The molecular weight excluding hydrogens is 316 g/mol. The summed E-state index contributed by atoms with van der Waals surface area (Å²) in [5, 5.41) is 2.91. The maximum atomic E-state index is 12.4. The van der Waals surface area contributed by atoms with Crippen molar-refractivity contribution in [1.29, 1.82) is 0 Å². The highest BCUT2D eigenvalue weighted by atomic mass is 16.2. The van der Waals surface area contributed by atoms with Gasteiger partial charge in [-0.1, -0.05) is 43.2 Å². The number of nitrogens with zero attached hydrogens (tertiary/aromatic N) is 1. The van der Waals surface area contributed by atoms with Crippen LogP contribution in [0.4, 0.5) is 0 Å². The van der Waals surface area contributed by atoms with Crippen LogP contribution in [0.3, 0.4) is 0 Å². The normalized spacial score (nSPS) is 24.1. The summed E-state index contributed by atoms with van der Waals surface area (Å²) >= 11 is 0. The minimum atomic E-state index is -0.249. The zero-order chi connectivity index (χ0) is 17.8. The van der Waals surface area contributed by atoms with Gasteiger partial charge < -0.3 is 5.32 Å². The second-order valence-electron chi connectivity index (χ2n) is 7.25. The van der Waals surface area contributed by atoms with Crippen LogP contribution >= 0.6 is 0 Å². The summed E-state index contributed by atoms with van der Waals surface area (Å²) in [7, 11) is 0. The third-order valence-electron chi connectivity index (χ3n) is 5.35. The Bertz CT molecular complexity index is 620. The number of benzene rings is 1. The molecule has 0 aromatic heterocycles. The lowest BCUT2D eigenvalue weighted by atomic mass is 9.81. The minimum absolute atomic E-state index is 0.00258. The lowest BCUT2D eigenvalue weighted by molar-refractivity contribution is -0.143. The molecule has 0 radical (unpaired) electrons. The van der Waals surface area contributed by atoms with Crippen LogP contribution < -0.4 is 5.32 Å². The predicted molar refractivity (Wildman–Crippen MR) is 94.5 cm³/mol. The lowest BCUT2D eigenvalue weighted by Gasteiger charge is -2.19. The standard InChI is InChI=1S/C20H26N2O3/c1-14(11-12-15-7-3-2-4-8-15)21-18(23)13-22-19(24)16-9-5-6-10-17(16)20(22)25/h2-4,7-8,14,16-17H,5-6,9-13H2,1H3,(H,21,23). The molecule has 0 spiro atoms. The van der Waals surface area contributed by atoms with Gasteiger partial charge in [0.1, 0.15) is 6.54 Å². The van der Waals surface area contributed by atoms with Crippen molar-refractivity contribution in [2.45, 2.75) is 51.5 Å². The van der Waals surface area contributed by atoms with Crippen molar-refractivity contribution >= 4 is 17.7 Å². The first-order valence-corrected chi connectivity index (χ1v) is 9.25. The van der Waals surface area contributed by atoms with E-state index in [-0.39, 0.29) is 42.1 Å². The van der Waals surface area contributed by atoms with Gasteiger partial charge in [0.2, 0.25) is 17.7 Å². The zero-order valence-electron chi connectivity index (χ0n) is 14.7. The number of carbonyl (C=O) groups is 3. The van der Waals surface area contributed by atoms with Crippen LogP contribution in [-0.4, -0.2) is 35.2 Å². The first-order valence-electron chi connectivity index (χ1n) is 9.25. The van der Waals surface area contributed by atoms with E-state index in [0.29, 0.717) is 0 Å². The quantitative estimate of drug-likeness (QED) is 0.807. The fourth-order valence-corrected chi connectivity index (χ4v) is 3.95. The third-order valence-corrected chi connectivity index (χ3v) is 5.35. The highest BCUT2D eigenvalue weighted by molar-refractivity contribution is 6.07. The number of hydrogen-bond acceptors (Lipinski definition) is 3. The van der Waals surface area contributed by atoms with Gasteiger partial charge in [-0.25, -0.2) is 0 Å². The van der Waals surface area contributed by atoms with Crippen molar-refractivity contribution in [2.24, 2.45) is 11.8 Å². The number of imide groups is 1. The molecule has 5 nitrogen and oxygen atoms in total. The fraction of sp³-hybridized carbons (Fsp3) is 0.550. The maximum absolute atomic E-state index is 12.4. The molecule has 1 aliphatic carbocycles. The average molecular weight is 342 g/mol. The molecule has 2 fully saturated rings. The van der Waals surface area contributed by atoms with Crippen molar-refractivity contribution < 1.29 is 14.4 Å². The molecule has 1 aliphatic heterocycles. The van der Waals surface area contributed by atoms with E-state index < -0.39 is 0 Å². The van der Waals surface area contributed by atoms with Crippen molar-refractivity contribution in [2.75, 3.05) is 6.54 Å². The van der Waals surface area contributed by atoms with E-state index >= 15 is 0 Å². The van der Waals surface area contributed by atoms with E-state index in [4.69, 9.17) is 0 Å². The molecule has 134 valence electrons. The number of carbonyl (C=O) groups excluding carboxylic acids is 3. The van der Waals surface area contributed by atoms with Gasteiger partial charge in [0.25, 0.3) is 0 Å². The fourth-order valence-electron chi connectivity index (χ4n) is 3.95. The number of fused-ring (bicyclic) bond motifs is 1. The molecule has 25 heavy (non-hydrogen) atoms. The molecule has 1 aromatic rings. The second-order valence-corrected chi connectivity index (χ2v) is 7.25. The molecule has 1 aromatic carbocycles. The van der Waals surface area contributed by atoms with E-state index in [2.05, 4.69) is 17.4 Å². The SMILES string of the molecule is CC(CCc1ccccc1)NC(=O)CN1C(=O)C2CCCCC2C1=O. The molecule has 1 N–H and O–H groups in total. The largest absolute Gasteiger partial charge is 0.352 e. The second kappa shape index (κ2) is 7.81.